The first-order chi connectivity index (χ1) is 11.4. The maximum atomic E-state index is 13.7. The maximum absolute atomic E-state index is 13.7. The second-order valence-corrected chi connectivity index (χ2v) is 5.80. The zero-order valence-electron chi connectivity index (χ0n) is 13.2. The van der Waals surface area contributed by atoms with E-state index in [2.05, 4.69) is 10.4 Å². The van der Waals surface area contributed by atoms with Crippen LogP contribution in [0.5, 0.6) is 0 Å². The summed E-state index contributed by atoms with van der Waals surface area (Å²) in [5.74, 6) is -2.86. The summed E-state index contributed by atoms with van der Waals surface area (Å²) in [6.07, 6.45) is 1.75. The SMILES string of the molecule is CC(C)n1nccc1NC(=O)C(=O)N1CCc2c(F)cc(F)cc21. The highest BCUT2D eigenvalue weighted by molar-refractivity contribution is 6.44. The standard InChI is InChI=1S/C16H16F2N4O2/c1-9(2)22-14(3-5-19-22)20-15(23)16(24)21-6-4-11-12(18)7-10(17)8-13(11)21/h3,5,7-9H,4,6H2,1-2H3,(H,20,23). The molecular weight excluding hydrogens is 318 g/mol. The van der Waals surface area contributed by atoms with Crippen LogP contribution < -0.4 is 10.2 Å². The van der Waals surface area contributed by atoms with E-state index in [9.17, 15) is 18.4 Å². The zero-order valence-corrected chi connectivity index (χ0v) is 13.2. The van der Waals surface area contributed by atoms with E-state index < -0.39 is 23.4 Å². The fourth-order valence-corrected chi connectivity index (χ4v) is 2.75. The lowest BCUT2D eigenvalue weighted by Gasteiger charge is -2.17. The van der Waals surface area contributed by atoms with Gasteiger partial charge in [-0.1, -0.05) is 0 Å². The van der Waals surface area contributed by atoms with Crippen molar-refractivity contribution < 1.29 is 18.4 Å². The molecule has 8 heteroatoms. The second kappa shape index (κ2) is 6.03. The van der Waals surface area contributed by atoms with Gasteiger partial charge in [-0.3, -0.25) is 9.59 Å². The number of carbonyl (C=O) groups excluding carboxylic acids is 2. The molecule has 0 unspecified atom stereocenters. The number of carbonyl (C=O) groups is 2. The van der Waals surface area contributed by atoms with Gasteiger partial charge in [0.25, 0.3) is 0 Å². The van der Waals surface area contributed by atoms with E-state index in [-0.39, 0.29) is 30.3 Å². The Morgan fingerprint density at radius 2 is 2.04 bits per heavy atom. The summed E-state index contributed by atoms with van der Waals surface area (Å²) in [6, 6.07) is 3.41. The predicted molar refractivity (Wildman–Crippen MR) is 83.7 cm³/mol. The molecule has 0 saturated carbocycles. The lowest BCUT2D eigenvalue weighted by Crippen LogP contribution is -2.39. The van der Waals surface area contributed by atoms with Gasteiger partial charge in [-0.25, -0.2) is 13.5 Å². The largest absolute Gasteiger partial charge is 0.316 e. The van der Waals surface area contributed by atoms with Gasteiger partial charge in [0.2, 0.25) is 0 Å². The molecule has 1 aromatic carbocycles. The Labute approximate surface area is 137 Å². The molecule has 0 fully saturated rings. The normalized spacial score (nSPS) is 13.3. The number of nitrogens with zero attached hydrogens (tertiary/aromatic N) is 3. The molecule has 6 nitrogen and oxygen atoms in total. The smallest absolute Gasteiger partial charge is 0.303 e. The second-order valence-electron chi connectivity index (χ2n) is 5.80. The summed E-state index contributed by atoms with van der Waals surface area (Å²) >= 11 is 0. The fraction of sp³-hybridized carbons (Fsp3) is 0.312. The van der Waals surface area contributed by atoms with E-state index in [1.807, 2.05) is 13.8 Å². The molecule has 3 rings (SSSR count). The van der Waals surface area contributed by atoms with Crippen molar-refractivity contribution in [2.45, 2.75) is 26.3 Å². The van der Waals surface area contributed by atoms with E-state index in [0.29, 0.717) is 5.82 Å². The lowest BCUT2D eigenvalue weighted by molar-refractivity contribution is -0.134. The van der Waals surface area contributed by atoms with Crippen molar-refractivity contribution in [2.75, 3.05) is 16.8 Å². The lowest BCUT2D eigenvalue weighted by atomic mass is 10.1. The van der Waals surface area contributed by atoms with Crippen molar-refractivity contribution in [3.8, 4) is 0 Å². The average Bonchev–Trinajstić information content (AvgIpc) is 3.13. The van der Waals surface area contributed by atoms with Crippen LogP contribution in [0.15, 0.2) is 24.4 Å². The van der Waals surface area contributed by atoms with Gasteiger partial charge in [-0.05, 0) is 26.3 Å². The van der Waals surface area contributed by atoms with Crippen molar-refractivity contribution in [1.29, 1.82) is 0 Å². The third kappa shape index (κ3) is 2.75. The molecule has 1 aliphatic rings. The van der Waals surface area contributed by atoms with E-state index in [1.54, 1.807) is 10.7 Å². The molecule has 0 bridgehead atoms. The number of hydrogen-bond donors (Lipinski definition) is 1. The van der Waals surface area contributed by atoms with Gasteiger partial charge in [0.1, 0.15) is 17.5 Å². The van der Waals surface area contributed by atoms with Crippen molar-refractivity contribution in [3.63, 3.8) is 0 Å². The molecule has 2 heterocycles. The van der Waals surface area contributed by atoms with E-state index in [1.165, 1.54) is 6.20 Å². The van der Waals surface area contributed by atoms with Crippen LogP contribution in [0.4, 0.5) is 20.3 Å². The molecule has 2 amide bonds. The van der Waals surface area contributed by atoms with Gasteiger partial charge in [0.15, 0.2) is 0 Å². The number of aromatic nitrogens is 2. The Hall–Kier alpha value is -2.77. The number of amides is 2. The van der Waals surface area contributed by atoms with Crippen LogP contribution in [0.2, 0.25) is 0 Å². The summed E-state index contributed by atoms with van der Waals surface area (Å²) in [7, 11) is 0. The van der Waals surface area contributed by atoms with Gasteiger partial charge in [0.05, 0.1) is 11.9 Å². The number of nitrogens with one attached hydrogen (secondary N) is 1. The van der Waals surface area contributed by atoms with Crippen LogP contribution >= 0.6 is 0 Å². The highest BCUT2D eigenvalue weighted by Crippen LogP contribution is 2.31. The van der Waals surface area contributed by atoms with Crippen LogP contribution in [0.3, 0.4) is 0 Å². The molecule has 126 valence electrons. The molecule has 0 aliphatic carbocycles. The summed E-state index contributed by atoms with van der Waals surface area (Å²) in [5.41, 5.74) is 0.342. The molecule has 0 saturated heterocycles. The first-order valence-corrected chi connectivity index (χ1v) is 7.52. The van der Waals surface area contributed by atoms with Crippen molar-refractivity contribution in [1.82, 2.24) is 9.78 Å². The Balaban J connectivity index is 1.81. The minimum atomic E-state index is -0.880. The first kappa shape index (κ1) is 16.1. The van der Waals surface area contributed by atoms with Crippen LogP contribution in [0.1, 0.15) is 25.5 Å². The summed E-state index contributed by atoms with van der Waals surface area (Å²) in [5, 5.41) is 6.55. The number of halogens is 2. The Bertz CT molecular complexity index is 816. The number of hydrogen-bond acceptors (Lipinski definition) is 3. The van der Waals surface area contributed by atoms with Gasteiger partial charge in [0, 0.05) is 30.3 Å². The van der Waals surface area contributed by atoms with Crippen molar-refractivity contribution in [3.05, 3.63) is 41.6 Å². The average molecular weight is 334 g/mol. The fourth-order valence-electron chi connectivity index (χ4n) is 2.75. The van der Waals surface area contributed by atoms with Crippen LogP contribution in [0, 0.1) is 11.6 Å². The van der Waals surface area contributed by atoms with Gasteiger partial charge < -0.3 is 10.2 Å². The number of fused-ring (bicyclic) bond motifs is 1. The third-order valence-corrected chi connectivity index (χ3v) is 3.85. The van der Waals surface area contributed by atoms with Gasteiger partial charge in [-0.2, -0.15) is 5.10 Å². The summed E-state index contributed by atoms with van der Waals surface area (Å²) in [6.45, 7) is 3.89. The van der Waals surface area contributed by atoms with Crippen LogP contribution in [0.25, 0.3) is 0 Å². The van der Waals surface area contributed by atoms with Gasteiger partial charge in [-0.15, -0.1) is 0 Å². The Morgan fingerprint density at radius 1 is 1.29 bits per heavy atom. The topological polar surface area (TPSA) is 67.2 Å². The van der Waals surface area contributed by atoms with Gasteiger partial charge >= 0.3 is 11.8 Å². The molecule has 24 heavy (non-hydrogen) atoms. The molecule has 0 spiro atoms. The molecule has 1 N–H and O–H groups in total. The number of anilines is 2. The van der Waals surface area contributed by atoms with Crippen molar-refractivity contribution in [2.24, 2.45) is 0 Å². The van der Waals surface area contributed by atoms with E-state index in [0.717, 1.165) is 17.0 Å². The Morgan fingerprint density at radius 3 is 2.75 bits per heavy atom. The summed E-state index contributed by atoms with van der Waals surface area (Å²) in [4.78, 5) is 25.7. The Kier molecular flexibility index (Phi) is 4.04. The highest BCUT2D eigenvalue weighted by Gasteiger charge is 2.32. The van der Waals surface area contributed by atoms with E-state index in [4.69, 9.17) is 0 Å². The molecule has 1 aliphatic heterocycles. The zero-order chi connectivity index (χ0) is 17.4. The molecule has 0 atom stereocenters. The van der Waals surface area contributed by atoms with Crippen LogP contribution in [-0.4, -0.2) is 28.1 Å². The van der Waals surface area contributed by atoms with Crippen molar-refractivity contribution >= 4 is 23.3 Å². The quantitative estimate of drug-likeness (QED) is 0.857. The summed E-state index contributed by atoms with van der Waals surface area (Å²) < 4.78 is 28.7. The number of rotatable bonds is 2. The minimum Gasteiger partial charge on any atom is -0.303 e. The maximum Gasteiger partial charge on any atom is 0.316 e. The minimum absolute atomic E-state index is 0.00102. The third-order valence-electron chi connectivity index (χ3n) is 3.85. The first-order valence-electron chi connectivity index (χ1n) is 7.52. The monoisotopic (exact) mass is 334 g/mol. The predicted octanol–water partition coefficient (Wildman–Crippen LogP) is 2.27. The number of benzene rings is 1. The highest BCUT2D eigenvalue weighted by atomic mass is 19.1. The van der Waals surface area contributed by atoms with Crippen LogP contribution in [-0.2, 0) is 16.0 Å². The molecule has 1 aromatic heterocycles. The molecular formula is C16H16F2N4O2. The van der Waals surface area contributed by atoms with E-state index >= 15 is 0 Å². The molecule has 0 radical (unpaired) electrons. The molecule has 2 aromatic rings.